The number of rotatable bonds is 2. The van der Waals surface area contributed by atoms with Crippen molar-refractivity contribution in [1.29, 1.82) is 0 Å². The zero-order valence-electron chi connectivity index (χ0n) is 8.70. The lowest BCUT2D eigenvalue weighted by Gasteiger charge is -2.21. The Morgan fingerprint density at radius 3 is 2.62 bits per heavy atom. The van der Waals surface area contributed by atoms with Crippen LogP contribution in [0.4, 0.5) is 0 Å². The first-order valence-corrected chi connectivity index (χ1v) is 4.63. The molecule has 2 unspecified atom stereocenters. The molecule has 1 N–H and O–H groups in total. The summed E-state index contributed by atoms with van der Waals surface area (Å²) in [6.45, 7) is 4.31. The predicted molar refractivity (Wildman–Crippen MR) is 49.9 cm³/mol. The van der Waals surface area contributed by atoms with Crippen LogP contribution in [0.3, 0.4) is 0 Å². The Kier molecular flexibility index (Phi) is 3.27. The summed E-state index contributed by atoms with van der Waals surface area (Å²) in [5.41, 5.74) is 3.09. The maximum Gasteiger partial charge on any atom is 0.324 e. The Morgan fingerprint density at radius 2 is 2.23 bits per heavy atom. The normalized spacial score (nSPS) is 29.6. The van der Waals surface area contributed by atoms with Crippen molar-refractivity contribution in [3.8, 4) is 0 Å². The van der Waals surface area contributed by atoms with Crippen LogP contribution < -0.4 is 5.43 Å². The van der Waals surface area contributed by atoms with Gasteiger partial charge in [-0.1, -0.05) is 13.8 Å². The van der Waals surface area contributed by atoms with E-state index in [1.165, 1.54) is 7.11 Å². The monoisotopic (exact) mass is 186 g/mol. The lowest BCUT2D eigenvalue weighted by Crippen LogP contribution is -2.40. The van der Waals surface area contributed by atoms with Crippen LogP contribution >= 0.6 is 0 Å². The number of methoxy groups -OCH3 is 1. The minimum absolute atomic E-state index is 0.164. The molecule has 0 aliphatic carbocycles. The van der Waals surface area contributed by atoms with Crippen molar-refractivity contribution >= 4 is 5.97 Å². The van der Waals surface area contributed by atoms with Crippen LogP contribution in [0.1, 0.15) is 20.3 Å². The maximum absolute atomic E-state index is 11.2. The molecule has 0 aromatic rings. The first-order valence-electron chi connectivity index (χ1n) is 4.63. The second-order valence-electron chi connectivity index (χ2n) is 3.86. The van der Waals surface area contributed by atoms with Crippen molar-refractivity contribution in [3.63, 3.8) is 0 Å². The summed E-state index contributed by atoms with van der Waals surface area (Å²) in [6, 6.07) is 0.256. The van der Waals surface area contributed by atoms with Crippen LogP contribution in [0.5, 0.6) is 0 Å². The van der Waals surface area contributed by atoms with Crippen molar-refractivity contribution < 1.29 is 9.53 Å². The average Bonchev–Trinajstić information content (AvgIpc) is 2.46. The molecule has 0 saturated carbocycles. The molecule has 4 heteroatoms. The second-order valence-corrected chi connectivity index (χ2v) is 3.86. The molecule has 1 aliphatic rings. The molecule has 13 heavy (non-hydrogen) atoms. The highest BCUT2D eigenvalue weighted by molar-refractivity contribution is 5.75. The standard InChI is InChI=1S/C9H18N2O2/c1-6(2)8-5-7(9(12)13-4)10-11(8)3/h6-8,10H,5H2,1-4H3. The summed E-state index contributed by atoms with van der Waals surface area (Å²) in [4.78, 5) is 11.2. The lowest BCUT2D eigenvalue weighted by atomic mass is 9.99. The molecule has 0 amide bonds. The quantitative estimate of drug-likeness (QED) is 0.634. The molecule has 1 rings (SSSR count). The highest BCUT2D eigenvalue weighted by atomic mass is 16.5. The molecule has 0 aromatic carbocycles. The van der Waals surface area contributed by atoms with Gasteiger partial charge in [0, 0.05) is 13.1 Å². The van der Waals surface area contributed by atoms with Crippen LogP contribution in [-0.4, -0.2) is 37.2 Å². The van der Waals surface area contributed by atoms with Gasteiger partial charge in [-0.25, -0.2) is 10.4 Å². The topological polar surface area (TPSA) is 41.6 Å². The van der Waals surface area contributed by atoms with Crippen molar-refractivity contribution in [2.24, 2.45) is 5.92 Å². The van der Waals surface area contributed by atoms with E-state index >= 15 is 0 Å². The maximum atomic E-state index is 11.2. The Hall–Kier alpha value is -0.610. The number of hydrogen-bond donors (Lipinski definition) is 1. The van der Waals surface area contributed by atoms with Gasteiger partial charge in [-0.15, -0.1) is 0 Å². The predicted octanol–water partition coefficient (Wildman–Crippen LogP) is 0.393. The van der Waals surface area contributed by atoms with Crippen molar-refractivity contribution in [2.45, 2.75) is 32.4 Å². The summed E-state index contributed by atoms with van der Waals surface area (Å²) in [5.74, 6) is 0.377. The molecule has 2 atom stereocenters. The lowest BCUT2D eigenvalue weighted by molar-refractivity contribution is -0.143. The molecular formula is C9H18N2O2. The minimum atomic E-state index is -0.171. The van der Waals surface area contributed by atoms with E-state index in [-0.39, 0.29) is 12.0 Å². The summed E-state index contributed by atoms with van der Waals surface area (Å²) >= 11 is 0. The fourth-order valence-electron chi connectivity index (χ4n) is 1.80. The van der Waals surface area contributed by atoms with Crippen LogP contribution in [0.2, 0.25) is 0 Å². The summed E-state index contributed by atoms with van der Waals surface area (Å²) in [7, 11) is 3.39. The van der Waals surface area contributed by atoms with E-state index in [0.717, 1.165) is 6.42 Å². The first-order chi connectivity index (χ1) is 6.06. The highest BCUT2D eigenvalue weighted by Crippen LogP contribution is 2.20. The number of ether oxygens (including phenoxy) is 1. The molecule has 4 nitrogen and oxygen atoms in total. The Balaban J connectivity index is 2.54. The van der Waals surface area contributed by atoms with Gasteiger partial charge in [0.2, 0.25) is 0 Å². The van der Waals surface area contributed by atoms with Crippen molar-refractivity contribution in [2.75, 3.05) is 14.2 Å². The van der Waals surface area contributed by atoms with Gasteiger partial charge < -0.3 is 4.74 Å². The number of carbonyl (C=O) groups is 1. The van der Waals surface area contributed by atoms with Gasteiger partial charge in [0.15, 0.2) is 0 Å². The van der Waals surface area contributed by atoms with Crippen molar-refractivity contribution in [1.82, 2.24) is 10.4 Å². The summed E-state index contributed by atoms with van der Waals surface area (Å²) in [6.07, 6.45) is 0.834. The van der Waals surface area contributed by atoms with E-state index in [9.17, 15) is 4.79 Å². The zero-order chi connectivity index (χ0) is 10.0. The molecular weight excluding hydrogens is 168 g/mol. The van der Waals surface area contributed by atoms with Gasteiger partial charge in [-0.3, -0.25) is 4.79 Å². The SMILES string of the molecule is COC(=O)C1CC(C(C)C)N(C)N1. The Bertz CT molecular complexity index is 194. The number of nitrogens with zero attached hydrogens (tertiary/aromatic N) is 1. The number of hydrazine groups is 1. The fraction of sp³-hybridized carbons (Fsp3) is 0.889. The van der Waals surface area contributed by atoms with E-state index in [1.54, 1.807) is 0 Å². The third kappa shape index (κ3) is 2.19. The third-order valence-electron chi connectivity index (χ3n) is 2.59. The number of esters is 1. The smallest absolute Gasteiger partial charge is 0.324 e. The van der Waals surface area contributed by atoms with E-state index in [0.29, 0.717) is 12.0 Å². The molecule has 0 aromatic heterocycles. The molecule has 1 aliphatic heterocycles. The van der Waals surface area contributed by atoms with E-state index in [1.807, 2.05) is 12.1 Å². The number of hydrogen-bond acceptors (Lipinski definition) is 4. The average molecular weight is 186 g/mol. The largest absolute Gasteiger partial charge is 0.468 e. The van der Waals surface area contributed by atoms with Gasteiger partial charge in [0.25, 0.3) is 0 Å². The van der Waals surface area contributed by atoms with Gasteiger partial charge in [0.1, 0.15) is 6.04 Å². The highest BCUT2D eigenvalue weighted by Gasteiger charge is 2.35. The number of nitrogens with one attached hydrogen (secondary N) is 1. The van der Waals surface area contributed by atoms with Gasteiger partial charge in [-0.05, 0) is 12.3 Å². The van der Waals surface area contributed by atoms with Crippen LogP contribution in [0, 0.1) is 5.92 Å². The van der Waals surface area contributed by atoms with Crippen molar-refractivity contribution in [3.05, 3.63) is 0 Å². The molecule has 0 radical (unpaired) electrons. The summed E-state index contributed by atoms with van der Waals surface area (Å²) < 4.78 is 4.68. The molecule has 0 bridgehead atoms. The summed E-state index contributed by atoms with van der Waals surface area (Å²) in [5, 5.41) is 2.01. The molecule has 1 saturated heterocycles. The Labute approximate surface area is 79.2 Å². The fourth-order valence-corrected chi connectivity index (χ4v) is 1.80. The van der Waals surface area contributed by atoms with E-state index < -0.39 is 0 Å². The molecule has 76 valence electrons. The van der Waals surface area contributed by atoms with Gasteiger partial charge in [-0.2, -0.15) is 0 Å². The van der Waals surface area contributed by atoms with Crippen LogP contribution in [0.25, 0.3) is 0 Å². The van der Waals surface area contributed by atoms with Crippen LogP contribution in [-0.2, 0) is 9.53 Å². The molecule has 1 fully saturated rings. The Morgan fingerprint density at radius 1 is 1.62 bits per heavy atom. The van der Waals surface area contributed by atoms with E-state index in [4.69, 9.17) is 0 Å². The van der Waals surface area contributed by atoms with Crippen LogP contribution in [0.15, 0.2) is 0 Å². The third-order valence-corrected chi connectivity index (χ3v) is 2.59. The molecule has 0 spiro atoms. The second kappa shape index (κ2) is 4.07. The first kappa shape index (κ1) is 10.5. The number of carbonyl (C=O) groups excluding carboxylic acids is 1. The van der Waals surface area contributed by atoms with E-state index in [2.05, 4.69) is 24.0 Å². The minimum Gasteiger partial charge on any atom is -0.468 e. The molecule has 1 heterocycles. The van der Waals surface area contributed by atoms with Gasteiger partial charge in [0.05, 0.1) is 7.11 Å². The van der Waals surface area contributed by atoms with Gasteiger partial charge >= 0.3 is 5.97 Å². The zero-order valence-corrected chi connectivity index (χ0v) is 8.70.